The molecule has 17 heavy (non-hydrogen) atoms. The van der Waals surface area contributed by atoms with Crippen LogP contribution in [-0.4, -0.2) is 35.5 Å². The zero-order valence-electron chi connectivity index (χ0n) is 9.97. The summed E-state index contributed by atoms with van der Waals surface area (Å²) in [5.41, 5.74) is 6.24. The lowest BCUT2D eigenvalue weighted by Crippen LogP contribution is -2.43. The van der Waals surface area contributed by atoms with Crippen LogP contribution in [-0.2, 0) is 0 Å². The smallest absolute Gasteiger partial charge is 0.253 e. The Balaban J connectivity index is 1.95. The van der Waals surface area contributed by atoms with Crippen LogP contribution in [0.3, 0.4) is 0 Å². The van der Waals surface area contributed by atoms with Crippen molar-refractivity contribution in [3.63, 3.8) is 0 Å². The quantitative estimate of drug-likeness (QED) is 0.826. The number of rotatable bonds is 3. The SMILES string of the molecule is CN(CC1CC(N)C1)C(=O)c1cccc(O)c1. The van der Waals surface area contributed by atoms with E-state index in [1.54, 1.807) is 30.1 Å². The molecule has 1 aliphatic rings. The first-order valence-corrected chi connectivity index (χ1v) is 5.86. The topological polar surface area (TPSA) is 66.6 Å². The molecular formula is C13H18N2O2. The molecule has 1 aromatic carbocycles. The highest BCUT2D eigenvalue weighted by molar-refractivity contribution is 5.94. The Kier molecular flexibility index (Phi) is 3.33. The van der Waals surface area contributed by atoms with Gasteiger partial charge in [-0.3, -0.25) is 4.79 Å². The summed E-state index contributed by atoms with van der Waals surface area (Å²) in [7, 11) is 1.79. The Labute approximate surface area is 101 Å². The van der Waals surface area contributed by atoms with Crippen molar-refractivity contribution in [2.45, 2.75) is 18.9 Å². The minimum Gasteiger partial charge on any atom is -0.508 e. The summed E-state index contributed by atoms with van der Waals surface area (Å²) in [6, 6.07) is 6.75. The zero-order chi connectivity index (χ0) is 12.4. The highest BCUT2D eigenvalue weighted by atomic mass is 16.3. The summed E-state index contributed by atoms with van der Waals surface area (Å²) in [4.78, 5) is 13.7. The van der Waals surface area contributed by atoms with Crippen LogP contribution in [0.25, 0.3) is 0 Å². The van der Waals surface area contributed by atoms with Crippen LogP contribution >= 0.6 is 0 Å². The van der Waals surface area contributed by atoms with Crippen LogP contribution in [0.5, 0.6) is 5.75 Å². The summed E-state index contributed by atoms with van der Waals surface area (Å²) in [5, 5.41) is 9.33. The lowest BCUT2D eigenvalue weighted by Gasteiger charge is -2.35. The van der Waals surface area contributed by atoms with Crippen LogP contribution in [0, 0.1) is 5.92 Å². The molecule has 0 aliphatic heterocycles. The highest BCUT2D eigenvalue weighted by Crippen LogP contribution is 2.26. The maximum atomic E-state index is 12.0. The molecule has 1 aliphatic carbocycles. The van der Waals surface area contributed by atoms with Crippen molar-refractivity contribution in [2.75, 3.05) is 13.6 Å². The number of nitrogens with two attached hydrogens (primary N) is 1. The number of aromatic hydroxyl groups is 1. The second-order valence-electron chi connectivity index (χ2n) is 4.83. The number of carbonyl (C=O) groups is 1. The molecule has 0 spiro atoms. The maximum absolute atomic E-state index is 12.0. The Morgan fingerprint density at radius 2 is 2.24 bits per heavy atom. The minimum absolute atomic E-state index is 0.0543. The van der Waals surface area contributed by atoms with Crippen LogP contribution < -0.4 is 5.73 Å². The van der Waals surface area contributed by atoms with E-state index in [-0.39, 0.29) is 11.7 Å². The van der Waals surface area contributed by atoms with Gasteiger partial charge in [0.15, 0.2) is 0 Å². The standard InChI is InChI=1S/C13H18N2O2/c1-15(8-9-5-11(14)6-9)13(17)10-3-2-4-12(16)7-10/h2-4,7,9,11,16H,5-6,8,14H2,1H3. The van der Waals surface area contributed by atoms with Gasteiger partial charge in [-0.1, -0.05) is 6.07 Å². The predicted octanol–water partition coefficient (Wildman–Crippen LogP) is 1.20. The number of benzene rings is 1. The summed E-state index contributed by atoms with van der Waals surface area (Å²) >= 11 is 0. The minimum atomic E-state index is -0.0543. The number of amides is 1. The normalized spacial score (nSPS) is 22.9. The van der Waals surface area contributed by atoms with E-state index in [2.05, 4.69) is 0 Å². The molecule has 0 unspecified atom stereocenters. The third kappa shape index (κ3) is 2.77. The zero-order valence-corrected chi connectivity index (χ0v) is 9.97. The molecule has 3 N–H and O–H groups in total. The van der Waals surface area contributed by atoms with Gasteiger partial charge >= 0.3 is 0 Å². The van der Waals surface area contributed by atoms with Crippen LogP contribution in [0.15, 0.2) is 24.3 Å². The molecule has 1 aromatic rings. The fourth-order valence-electron chi connectivity index (χ4n) is 2.27. The predicted molar refractivity (Wildman–Crippen MR) is 65.8 cm³/mol. The van der Waals surface area contributed by atoms with Crippen molar-refractivity contribution in [3.8, 4) is 5.75 Å². The summed E-state index contributed by atoms with van der Waals surface area (Å²) in [5.74, 6) is 0.590. The summed E-state index contributed by atoms with van der Waals surface area (Å²) in [6.07, 6.45) is 2.00. The molecule has 0 aromatic heterocycles. The van der Waals surface area contributed by atoms with E-state index in [9.17, 15) is 9.90 Å². The summed E-state index contributed by atoms with van der Waals surface area (Å²) in [6.45, 7) is 0.738. The number of nitrogens with zero attached hydrogens (tertiary/aromatic N) is 1. The molecular weight excluding hydrogens is 216 g/mol. The van der Waals surface area contributed by atoms with Gasteiger partial charge in [0, 0.05) is 25.2 Å². The van der Waals surface area contributed by atoms with Crippen molar-refractivity contribution in [2.24, 2.45) is 11.7 Å². The third-order valence-corrected chi connectivity index (χ3v) is 3.24. The van der Waals surface area contributed by atoms with Gasteiger partial charge in [0.1, 0.15) is 5.75 Å². The monoisotopic (exact) mass is 234 g/mol. The highest BCUT2D eigenvalue weighted by Gasteiger charge is 2.28. The van der Waals surface area contributed by atoms with Gasteiger partial charge in [-0.15, -0.1) is 0 Å². The van der Waals surface area contributed by atoms with Gasteiger partial charge in [0.2, 0.25) is 0 Å². The molecule has 1 fully saturated rings. The van der Waals surface area contributed by atoms with E-state index in [4.69, 9.17) is 5.73 Å². The molecule has 0 heterocycles. The molecule has 1 saturated carbocycles. The van der Waals surface area contributed by atoms with Gasteiger partial charge in [-0.05, 0) is 37.0 Å². The molecule has 0 bridgehead atoms. The molecule has 4 nitrogen and oxygen atoms in total. The average Bonchev–Trinajstić information content (AvgIpc) is 2.26. The van der Waals surface area contributed by atoms with E-state index in [1.807, 2.05) is 0 Å². The fourth-order valence-corrected chi connectivity index (χ4v) is 2.27. The molecule has 4 heteroatoms. The van der Waals surface area contributed by atoms with Gasteiger partial charge < -0.3 is 15.7 Å². The second kappa shape index (κ2) is 4.75. The largest absolute Gasteiger partial charge is 0.508 e. The number of phenolic OH excluding ortho intramolecular Hbond substituents is 1. The maximum Gasteiger partial charge on any atom is 0.253 e. The first-order chi connectivity index (χ1) is 8.06. The molecule has 1 amide bonds. The molecule has 0 atom stereocenters. The van der Waals surface area contributed by atoms with Crippen LogP contribution in [0.1, 0.15) is 23.2 Å². The Bertz CT molecular complexity index is 414. The summed E-state index contributed by atoms with van der Waals surface area (Å²) < 4.78 is 0. The lowest BCUT2D eigenvalue weighted by atomic mass is 9.80. The first kappa shape index (κ1) is 11.9. The first-order valence-electron chi connectivity index (χ1n) is 5.86. The van der Waals surface area contributed by atoms with Crippen molar-refractivity contribution >= 4 is 5.91 Å². The molecule has 0 saturated heterocycles. The fraction of sp³-hybridized carbons (Fsp3) is 0.462. The van der Waals surface area contributed by atoms with E-state index >= 15 is 0 Å². The number of phenols is 1. The van der Waals surface area contributed by atoms with E-state index in [0.717, 1.165) is 19.4 Å². The van der Waals surface area contributed by atoms with E-state index in [0.29, 0.717) is 17.5 Å². The molecule has 2 rings (SSSR count). The van der Waals surface area contributed by atoms with Crippen molar-refractivity contribution in [3.05, 3.63) is 29.8 Å². The van der Waals surface area contributed by atoms with E-state index in [1.165, 1.54) is 6.07 Å². The third-order valence-electron chi connectivity index (χ3n) is 3.24. The van der Waals surface area contributed by atoms with E-state index < -0.39 is 0 Å². The number of hydrogen-bond donors (Lipinski definition) is 2. The second-order valence-corrected chi connectivity index (χ2v) is 4.83. The molecule has 92 valence electrons. The Hall–Kier alpha value is -1.55. The number of carbonyl (C=O) groups excluding carboxylic acids is 1. The van der Waals surface area contributed by atoms with Crippen molar-refractivity contribution in [1.82, 2.24) is 4.90 Å². The van der Waals surface area contributed by atoms with Crippen molar-refractivity contribution < 1.29 is 9.90 Å². The average molecular weight is 234 g/mol. The molecule has 0 radical (unpaired) electrons. The van der Waals surface area contributed by atoms with Gasteiger partial charge in [-0.25, -0.2) is 0 Å². The van der Waals surface area contributed by atoms with Crippen molar-refractivity contribution in [1.29, 1.82) is 0 Å². The van der Waals surface area contributed by atoms with Crippen LogP contribution in [0.2, 0.25) is 0 Å². The van der Waals surface area contributed by atoms with Gasteiger partial charge in [-0.2, -0.15) is 0 Å². The Morgan fingerprint density at radius 3 is 2.82 bits per heavy atom. The number of hydrogen-bond acceptors (Lipinski definition) is 3. The lowest BCUT2D eigenvalue weighted by molar-refractivity contribution is 0.0734. The van der Waals surface area contributed by atoms with Gasteiger partial charge in [0.25, 0.3) is 5.91 Å². The van der Waals surface area contributed by atoms with Crippen LogP contribution in [0.4, 0.5) is 0 Å². The Morgan fingerprint density at radius 1 is 1.53 bits per heavy atom. The van der Waals surface area contributed by atoms with Gasteiger partial charge in [0.05, 0.1) is 0 Å².